The molecule has 2 aliphatic carbocycles. The van der Waals surface area contributed by atoms with Crippen molar-refractivity contribution in [3.63, 3.8) is 0 Å². The van der Waals surface area contributed by atoms with Gasteiger partial charge >= 0.3 is 0 Å². The molecular formula is C16H26O4. The van der Waals surface area contributed by atoms with Crippen LogP contribution in [0.4, 0.5) is 0 Å². The summed E-state index contributed by atoms with van der Waals surface area (Å²) < 4.78 is 11.5. The molecule has 1 saturated heterocycles. The van der Waals surface area contributed by atoms with Crippen molar-refractivity contribution in [3.8, 4) is 0 Å². The largest absolute Gasteiger partial charge is 0.393 e. The molecule has 1 heterocycles. The zero-order valence-corrected chi connectivity index (χ0v) is 12.5. The summed E-state index contributed by atoms with van der Waals surface area (Å²) in [5.41, 5.74) is 1.07. The van der Waals surface area contributed by atoms with Crippen molar-refractivity contribution in [2.24, 2.45) is 29.6 Å². The van der Waals surface area contributed by atoms with Crippen LogP contribution in [0.1, 0.15) is 26.7 Å². The molecule has 4 nitrogen and oxygen atoms in total. The van der Waals surface area contributed by atoms with Crippen LogP contribution in [0.2, 0.25) is 0 Å². The smallest absolute Gasteiger partial charge is 0.160 e. The lowest BCUT2D eigenvalue weighted by atomic mass is 9.77. The average Bonchev–Trinajstić information content (AvgIpc) is 2.84. The van der Waals surface area contributed by atoms with Crippen LogP contribution in [-0.4, -0.2) is 41.9 Å². The van der Waals surface area contributed by atoms with Crippen molar-refractivity contribution in [2.75, 3.05) is 7.11 Å². The molecule has 0 amide bonds. The predicted molar refractivity (Wildman–Crippen MR) is 74.9 cm³/mol. The van der Waals surface area contributed by atoms with E-state index >= 15 is 0 Å². The summed E-state index contributed by atoms with van der Waals surface area (Å²) in [6.07, 6.45) is 0.357. The Morgan fingerprint density at radius 2 is 1.85 bits per heavy atom. The fourth-order valence-corrected chi connectivity index (χ4v) is 4.82. The van der Waals surface area contributed by atoms with Crippen molar-refractivity contribution >= 4 is 0 Å². The first-order chi connectivity index (χ1) is 9.45. The summed E-state index contributed by atoms with van der Waals surface area (Å²) in [7, 11) is 1.65. The van der Waals surface area contributed by atoms with Crippen molar-refractivity contribution in [1.82, 2.24) is 0 Å². The molecular weight excluding hydrogens is 256 g/mol. The zero-order chi connectivity index (χ0) is 14.6. The number of aliphatic hydroxyl groups excluding tert-OH is 2. The van der Waals surface area contributed by atoms with Crippen LogP contribution in [0, 0.1) is 29.6 Å². The molecule has 3 rings (SSSR count). The highest BCUT2D eigenvalue weighted by Crippen LogP contribution is 2.53. The van der Waals surface area contributed by atoms with Gasteiger partial charge in [0, 0.05) is 18.9 Å². The lowest BCUT2D eigenvalue weighted by molar-refractivity contribution is -0.145. The van der Waals surface area contributed by atoms with Gasteiger partial charge < -0.3 is 19.7 Å². The molecule has 4 heteroatoms. The van der Waals surface area contributed by atoms with Crippen LogP contribution < -0.4 is 0 Å². The third-order valence-corrected chi connectivity index (χ3v) is 5.93. The number of fused-ring (bicyclic) bond motifs is 3. The highest BCUT2D eigenvalue weighted by Gasteiger charge is 2.57. The second-order valence-corrected chi connectivity index (χ2v) is 6.92. The first kappa shape index (κ1) is 14.5. The monoisotopic (exact) mass is 282 g/mol. The van der Waals surface area contributed by atoms with E-state index in [9.17, 15) is 10.2 Å². The minimum atomic E-state index is -0.419. The van der Waals surface area contributed by atoms with Gasteiger partial charge in [-0.25, -0.2) is 0 Å². The first-order valence-electron chi connectivity index (χ1n) is 7.67. The van der Waals surface area contributed by atoms with Gasteiger partial charge in [0.15, 0.2) is 6.29 Å². The molecule has 0 aromatic carbocycles. The molecule has 0 radical (unpaired) electrons. The number of ether oxygens (including phenoxy) is 2. The molecule has 20 heavy (non-hydrogen) atoms. The minimum absolute atomic E-state index is 0.0404. The quantitative estimate of drug-likeness (QED) is 0.717. The number of hydrogen-bond donors (Lipinski definition) is 2. The third-order valence-electron chi connectivity index (χ3n) is 5.93. The molecule has 9 unspecified atom stereocenters. The van der Waals surface area contributed by atoms with Crippen LogP contribution >= 0.6 is 0 Å². The molecule has 0 aromatic heterocycles. The maximum Gasteiger partial charge on any atom is 0.160 e. The maximum absolute atomic E-state index is 10.6. The Hall–Kier alpha value is -0.420. The molecule has 0 bridgehead atoms. The SMILES string of the molecule is C=C1CC(O)C2C(C)C(OC)OC2C2C1CC(O)C2C. The molecule has 3 aliphatic rings. The van der Waals surface area contributed by atoms with E-state index in [-0.39, 0.29) is 48.1 Å². The third kappa shape index (κ3) is 1.97. The summed E-state index contributed by atoms with van der Waals surface area (Å²) in [5.74, 6) is 0.906. The van der Waals surface area contributed by atoms with E-state index in [0.717, 1.165) is 12.0 Å². The summed E-state index contributed by atoms with van der Waals surface area (Å²) >= 11 is 0. The van der Waals surface area contributed by atoms with Crippen molar-refractivity contribution in [2.45, 2.75) is 51.3 Å². The van der Waals surface area contributed by atoms with Gasteiger partial charge in [-0.2, -0.15) is 0 Å². The van der Waals surface area contributed by atoms with Gasteiger partial charge in [0.2, 0.25) is 0 Å². The second-order valence-electron chi connectivity index (χ2n) is 6.92. The molecule has 1 aliphatic heterocycles. The van der Waals surface area contributed by atoms with Crippen LogP contribution in [0.5, 0.6) is 0 Å². The molecule has 2 N–H and O–H groups in total. The Kier molecular flexibility index (Phi) is 3.70. The lowest BCUT2D eigenvalue weighted by Gasteiger charge is -2.30. The zero-order valence-electron chi connectivity index (χ0n) is 12.5. The predicted octanol–water partition coefficient (Wildman–Crippen LogP) is 1.56. The topological polar surface area (TPSA) is 58.9 Å². The van der Waals surface area contributed by atoms with Crippen LogP contribution in [0.15, 0.2) is 12.2 Å². The van der Waals surface area contributed by atoms with Gasteiger partial charge in [-0.15, -0.1) is 0 Å². The molecule has 2 saturated carbocycles. The van der Waals surface area contributed by atoms with E-state index in [4.69, 9.17) is 9.47 Å². The number of hydrogen-bond acceptors (Lipinski definition) is 4. The van der Waals surface area contributed by atoms with Gasteiger partial charge in [-0.1, -0.05) is 26.0 Å². The van der Waals surface area contributed by atoms with Gasteiger partial charge in [-0.05, 0) is 30.6 Å². The molecule has 9 atom stereocenters. The van der Waals surface area contributed by atoms with Crippen molar-refractivity contribution in [3.05, 3.63) is 12.2 Å². The Balaban J connectivity index is 1.96. The highest BCUT2D eigenvalue weighted by molar-refractivity contribution is 5.16. The highest BCUT2D eigenvalue weighted by atomic mass is 16.7. The van der Waals surface area contributed by atoms with Crippen molar-refractivity contribution in [1.29, 1.82) is 0 Å². The summed E-state index contributed by atoms with van der Waals surface area (Å²) in [6.45, 7) is 8.34. The van der Waals surface area contributed by atoms with E-state index < -0.39 is 6.10 Å². The summed E-state index contributed by atoms with van der Waals surface area (Å²) in [5, 5.41) is 20.8. The molecule has 0 spiro atoms. The summed E-state index contributed by atoms with van der Waals surface area (Å²) in [4.78, 5) is 0. The van der Waals surface area contributed by atoms with E-state index in [1.807, 2.05) is 0 Å². The standard InChI is InChI=1S/C16H26O4/c1-7-5-12(18)14-9(3)16(19-4)20-15(14)13-8(2)11(17)6-10(7)13/h8-18H,1,5-6H2,2-4H3. The number of aliphatic hydroxyl groups is 2. The normalized spacial score (nSPS) is 55.5. The van der Waals surface area contributed by atoms with Crippen molar-refractivity contribution < 1.29 is 19.7 Å². The molecule has 114 valence electrons. The van der Waals surface area contributed by atoms with Gasteiger partial charge in [0.05, 0.1) is 18.3 Å². The van der Waals surface area contributed by atoms with Gasteiger partial charge in [-0.3, -0.25) is 0 Å². The van der Waals surface area contributed by atoms with Crippen LogP contribution in [-0.2, 0) is 9.47 Å². The van der Waals surface area contributed by atoms with Gasteiger partial charge in [0.25, 0.3) is 0 Å². The Morgan fingerprint density at radius 1 is 1.15 bits per heavy atom. The van der Waals surface area contributed by atoms with E-state index in [2.05, 4.69) is 20.4 Å². The second kappa shape index (κ2) is 5.09. The summed E-state index contributed by atoms with van der Waals surface area (Å²) in [6, 6.07) is 0. The fraction of sp³-hybridized carbons (Fsp3) is 0.875. The Labute approximate surface area is 120 Å². The first-order valence-corrected chi connectivity index (χ1v) is 7.67. The van der Waals surface area contributed by atoms with Crippen LogP contribution in [0.3, 0.4) is 0 Å². The average molecular weight is 282 g/mol. The van der Waals surface area contributed by atoms with E-state index in [1.54, 1.807) is 7.11 Å². The fourth-order valence-electron chi connectivity index (χ4n) is 4.82. The van der Waals surface area contributed by atoms with E-state index in [1.165, 1.54) is 0 Å². The Bertz CT molecular complexity index is 396. The minimum Gasteiger partial charge on any atom is -0.393 e. The maximum atomic E-state index is 10.6. The molecule has 3 fully saturated rings. The van der Waals surface area contributed by atoms with Gasteiger partial charge in [0.1, 0.15) is 0 Å². The van der Waals surface area contributed by atoms with E-state index in [0.29, 0.717) is 6.42 Å². The van der Waals surface area contributed by atoms with Crippen LogP contribution in [0.25, 0.3) is 0 Å². The number of rotatable bonds is 1. The molecule has 0 aromatic rings. The Morgan fingerprint density at radius 3 is 2.50 bits per heavy atom. The number of methoxy groups -OCH3 is 1. The lowest BCUT2D eigenvalue weighted by Crippen LogP contribution is -2.37.